The van der Waals surface area contributed by atoms with E-state index in [1.54, 1.807) is 6.92 Å². The fourth-order valence-corrected chi connectivity index (χ4v) is 3.44. The molecule has 0 saturated heterocycles. The highest BCUT2D eigenvalue weighted by Gasteiger charge is 2.22. The SMILES string of the molecule is CCOC(=O)CC(=O)CC(=O)/C=C/c1c(-c2ccc(F)cc2)nc(N(C)S(C)(=O)=O)nc1C(C)C. The molecule has 11 heteroatoms. The van der Waals surface area contributed by atoms with Crippen LogP contribution in [0.3, 0.4) is 0 Å². The van der Waals surface area contributed by atoms with Crippen LogP contribution in [0.2, 0.25) is 0 Å². The third-order valence-corrected chi connectivity index (χ3v) is 6.02. The van der Waals surface area contributed by atoms with Crippen LogP contribution in [0.5, 0.6) is 0 Å². The molecule has 0 atom stereocenters. The average Bonchev–Trinajstić information content (AvgIpc) is 2.76. The van der Waals surface area contributed by atoms with E-state index < -0.39 is 46.2 Å². The Morgan fingerprint density at radius 2 is 1.74 bits per heavy atom. The van der Waals surface area contributed by atoms with Gasteiger partial charge in [0.25, 0.3) is 0 Å². The summed E-state index contributed by atoms with van der Waals surface area (Å²) >= 11 is 0. The van der Waals surface area contributed by atoms with Crippen LogP contribution in [-0.2, 0) is 29.1 Å². The number of Topliss-reactive ketones (excluding diaryl/α,β-unsaturated/α-hetero) is 1. The summed E-state index contributed by atoms with van der Waals surface area (Å²) in [6, 6.07) is 5.43. The number of aromatic nitrogens is 2. The molecule has 2 rings (SSSR count). The minimum Gasteiger partial charge on any atom is -0.466 e. The number of benzene rings is 1. The van der Waals surface area contributed by atoms with Crippen LogP contribution in [-0.4, -0.2) is 55.8 Å². The minimum absolute atomic E-state index is 0.0800. The Bertz CT molecular complexity index is 1240. The monoisotopic (exact) mass is 505 g/mol. The number of sulfonamides is 1. The zero-order chi connectivity index (χ0) is 26.3. The molecule has 0 radical (unpaired) electrons. The van der Waals surface area contributed by atoms with Crippen molar-refractivity contribution in [2.45, 2.75) is 39.5 Å². The van der Waals surface area contributed by atoms with E-state index in [2.05, 4.69) is 9.97 Å². The molecule has 0 amide bonds. The summed E-state index contributed by atoms with van der Waals surface area (Å²) in [4.78, 5) is 44.7. The average molecular weight is 506 g/mol. The second kappa shape index (κ2) is 11.8. The van der Waals surface area contributed by atoms with E-state index in [0.717, 1.165) is 10.6 Å². The van der Waals surface area contributed by atoms with Gasteiger partial charge in [0.05, 0.1) is 30.7 Å². The van der Waals surface area contributed by atoms with Gasteiger partial charge in [0.2, 0.25) is 16.0 Å². The quantitative estimate of drug-likeness (QED) is 0.259. The molecule has 0 unspecified atom stereocenters. The van der Waals surface area contributed by atoms with Gasteiger partial charge in [0.1, 0.15) is 12.2 Å². The summed E-state index contributed by atoms with van der Waals surface area (Å²) in [5, 5.41) is 0. The fraction of sp³-hybridized carbons (Fsp3) is 0.375. The molecule has 0 aliphatic rings. The number of carbonyl (C=O) groups is 3. The van der Waals surface area contributed by atoms with E-state index in [1.807, 2.05) is 13.8 Å². The predicted molar refractivity (Wildman–Crippen MR) is 130 cm³/mol. The van der Waals surface area contributed by atoms with Crippen LogP contribution < -0.4 is 4.31 Å². The van der Waals surface area contributed by atoms with Crippen LogP contribution in [0.4, 0.5) is 10.3 Å². The molecule has 1 heterocycles. The Kier molecular flexibility index (Phi) is 9.35. The van der Waals surface area contributed by atoms with Gasteiger partial charge in [-0.25, -0.2) is 27.1 Å². The van der Waals surface area contributed by atoms with E-state index >= 15 is 0 Å². The lowest BCUT2D eigenvalue weighted by atomic mass is 9.97. The maximum Gasteiger partial charge on any atom is 0.313 e. The molecule has 0 aliphatic heterocycles. The molecule has 9 nitrogen and oxygen atoms in total. The summed E-state index contributed by atoms with van der Waals surface area (Å²) in [6.45, 7) is 5.42. The molecule has 2 aromatic rings. The second-order valence-corrected chi connectivity index (χ2v) is 10.1. The molecule has 1 aromatic carbocycles. The Morgan fingerprint density at radius 1 is 1.11 bits per heavy atom. The molecule has 0 aliphatic carbocycles. The first-order valence-corrected chi connectivity index (χ1v) is 12.7. The number of hydrogen-bond acceptors (Lipinski definition) is 8. The van der Waals surface area contributed by atoms with Gasteiger partial charge in [-0.05, 0) is 49.3 Å². The Hall–Kier alpha value is -3.47. The van der Waals surface area contributed by atoms with Gasteiger partial charge in [-0.15, -0.1) is 0 Å². The zero-order valence-electron chi connectivity index (χ0n) is 20.2. The molecule has 0 N–H and O–H groups in total. The van der Waals surface area contributed by atoms with Gasteiger partial charge in [-0.2, -0.15) is 0 Å². The van der Waals surface area contributed by atoms with Crippen molar-refractivity contribution in [3.63, 3.8) is 0 Å². The smallest absolute Gasteiger partial charge is 0.313 e. The van der Waals surface area contributed by atoms with E-state index in [4.69, 9.17) is 4.74 Å². The largest absolute Gasteiger partial charge is 0.466 e. The van der Waals surface area contributed by atoms with Crippen LogP contribution >= 0.6 is 0 Å². The highest BCUT2D eigenvalue weighted by atomic mass is 32.2. The molecule has 188 valence electrons. The lowest BCUT2D eigenvalue weighted by Crippen LogP contribution is -2.27. The molecule has 35 heavy (non-hydrogen) atoms. The topological polar surface area (TPSA) is 124 Å². The maximum absolute atomic E-state index is 13.5. The molecular weight excluding hydrogens is 477 g/mol. The summed E-state index contributed by atoms with van der Waals surface area (Å²) in [6.07, 6.45) is 2.65. The van der Waals surface area contributed by atoms with Crippen molar-refractivity contribution < 1.29 is 31.9 Å². The van der Waals surface area contributed by atoms with Gasteiger partial charge in [0.15, 0.2) is 11.6 Å². The van der Waals surface area contributed by atoms with Crippen molar-refractivity contribution in [1.29, 1.82) is 0 Å². The summed E-state index contributed by atoms with van der Waals surface area (Å²) in [5.41, 5.74) is 1.63. The van der Waals surface area contributed by atoms with E-state index in [9.17, 15) is 27.2 Å². The number of rotatable bonds is 11. The Balaban J connectivity index is 2.54. The number of halogens is 1. The number of anilines is 1. The number of esters is 1. The van der Waals surface area contributed by atoms with Gasteiger partial charge < -0.3 is 4.74 Å². The van der Waals surface area contributed by atoms with Gasteiger partial charge >= 0.3 is 5.97 Å². The zero-order valence-corrected chi connectivity index (χ0v) is 21.1. The van der Waals surface area contributed by atoms with Crippen molar-refractivity contribution in [2.24, 2.45) is 0 Å². The highest BCUT2D eigenvalue weighted by Crippen LogP contribution is 2.31. The van der Waals surface area contributed by atoms with Crippen molar-refractivity contribution in [2.75, 3.05) is 24.2 Å². The summed E-state index contributed by atoms with van der Waals surface area (Å²) in [7, 11) is -2.35. The first-order valence-electron chi connectivity index (χ1n) is 10.8. The third-order valence-electron chi connectivity index (χ3n) is 4.86. The Morgan fingerprint density at radius 3 is 2.29 bits per heavy atom. The molecule has 0 bridgehead atoms. The van der Waals surface area contributed by atoms with Crippen LogP contribution in [0.1, 0.15) is 50.8 Å². The van der Waals surface area contributed by atoms with Crippen molar-refractivity contribution in [1.82, 2.24) is 9.97 Å². The van der Waals surface area contributed by atoms with Crippen LogP contribution in [0, 0.1) is 5.82 Å². The van der Waals surface area contributed by atoms with Crippen molar-refractivity contribution >= 4 is 39.6 Å². The first-order chi connectivity index (χ1) is 16.3. The molecular formula is C24H28FN3O6S. The van der Waals surface area contributed by atoms with Gasteiger partial charge in [0, 0.05) is 18.2 Å². The summed E-state index contributed by atoms with van der Waals surface area (Å²) < 4.78 is 43.4. The highest BCUT2D eigenvalue weighted by molar-refractivity contribution is 7.92. The lowest BCUT2D eigenvalue weighted by Gasteiger charge is -2.20. The van der Waals surface area contributed by atoms with E-state index in [-0.39, 0.29) is 24.2 Å². The normalized spacial score (nSPS) is 11.6. The number of carbonyl (C=O) groups excluding carboxylic acids is 3. The van der Waals surface area contributed by atoms with Gasteiger partial charge in [-0.1, -0.05) is 13.8 Å². The fourth-order valence-electron chi connectivity index (χ4n) is 3.06. The van der Waals surface area contributed by atoms with Gasteiger partial charge in [-0.3, -0.25) is 14.4 Å². The predicted octanol–water partition coefficient (Wildman–Crippen LogP) is 3.30. The summed E-state index contributed by atoms with van der Waals surface area (Å²) in [5.74, 6) is -2.58. The maximum atomic E-state index is 13.5. The van der Waals surface area contributed by atoms with E-state index in [0.29, 0.717) is 16.8 Å². The number of nitrogens with zero attached hydrogens (tertiary/aromatic N) is 3. The lowest BCUT2D eigenvalue weighted by molar-refractivity contribution is -0.145. The first kappa shape index (κ1) is 27.8. The number of ether oxygens (including phenoxy) is 1. The third kappa shape index (κ3) is 7.78. The Labute approximate surface area is 204 Å². The van der Waals surface area contributed by atoms with Crippen LogP contribution in [0.15, 0.2) is 30.3 Å². The van der Waals surface area contributed by atoms with Crippen molar-refractivity contribution in [3.05, 3.63) is 47.4 Å². The number of hydrogen-bond donors (Lipinski definition) is 0. The number of ketones is 2. The van der Waals surface area contributed by atoms with E-state index in [1.165, 1.54) is 43.5 Å². The molecule has 0 spiro atoms. The van der Waals surface area contributed by atoms with Crippen molar-refractivity contribution in [3.8, 4) is 11.3 Å². The standard InChI is InChI=1S/C24H28FN3O6S/c1-6-34-21(31)14-19(30)13-18(29)11-12-20-22(15(2)3)26-24(28(4)35(5,32)33)27-23(20)16-7-9-17(25)10-8-16/h7-12,15H,6,13-14H2,1-5H3/b12-11+. The molecule has 1 aromatic heterocycles. The second-order valence-electron chi connectivity index (χ2n) is 8.06. The number of allylic oxidation sites excluding steroid dienone is 1. The minimum atomic E-state index is -3.67. The molecule has 0 saturated carbocycles. The van der Waals surface area contributed by atoms with Crippen LogP contribution in [0.25, 0.3) is 17.3 Å². The molecule has 0 fully saturated rings.